The van der Waals surface area contributed by atoms with E-state index in [0.717, 1.165) is 17.2 Å². The molecule has 0 aliphatic carbocycles. The van der Waals surface area contributed by atoms with E-state index >= 15 is 0 Å². The molecule has 0 unspecified atom stereocenters. The van der Waals surface area contributed by atoms with Gasteiger partial charge in [0.15, 0.2) is 5.76 Å². The molecule has 0 radical (unpaired) electrons. The van der Waals surface area contributed by atoms with Gasteiger partial charge in [-0.25, -0.2) is 4.79 Å². The Kier molecular flexibility index (Phi) is 4.00. The summed E-state index contributed by atoms with van der Waals surface area (Å²) in [6.45, 7) is -0.522. The molecule has 100 valence electrons. The largest absolute Gasteiger partial charge is 0.478 e. The first-order chi connectivity index (χ1) is 8.20. The second-order valence-corrected chi connectivity index (χ2v) is 3.60. The summed E-state index contributed by atoms with van der Waals surface area (Å²) in [5.74, 6) is -2.39. The van der Waals surface area contributed by atoms with Crippen molar-refractivity contribution in [1.29, 1.82) is 0 Å². The van der Waals surface area contributed by atoms with Crippen LogP contribution in [0.4, 0.5) is 13.2 Å². The van der Waals surface area contributed by atoms with Crippen LogP contribution in [0.25, 0.3) is 0 Å². The van der Waals surface area contributed by atoms with E-state index in [9.17, 15) is 22.8 Å². The van der Waals surface area contributed by atoms with Crippen molar-refractivity contribution in [2.24, 2.45) is 0 Å². The summed E-state index contributed by atoms with van der Waals surface area (Å²) in [7, 11) is 1.18. The highest BCUT2D eigenvalue weighted by Crippen LogP contribution is 2.20. The number of carboxylic acids is 1. The molecule has 0 aliphatic heterocycles. The van der Waals surface area contributed by atoms with Crippen molar-refractivity contribution in [3.8, 4) is 0 Å². The molecule has 1 aromatic rings. The van der Waals surface area contributed by atoms with Crippen LogP contribution in [0.2, 0.25) is 0 Å². The molecular weight excluding hydrogens is 255 g/mol. The molecule has 18 heavy (non-hydrogen) atoms. The number of hydrogen-bond donors (Lipinski definition) is 1. The zero-order valence-electron chi connectivity index (χ0n) is 9.32. The van der Waals surface area contributed by atoms with Crippen LogP contribution in [-0.2, 0) is 0 Å². The molecule has 1 rings (SSSR count). The van der Waals surface area contributed by atoms with E-state index in [1.54, 1.807) is 0 Å². The fourth-order valence-corrected chi connectivity index (χ4v) is 1.14. The zero-order valence-corrected chi connectivity index (χ0v) is 9.32. The molecule has 0 bridgehead atoms. The van der Waals surface area contributed by atoms with Gasteiger partial charge in [-0.05, 0) is 0 Å². The topological polar surface area (TPSA) is 70.8 Å². The van der Waals surface area contributed by atoms with E-state index in [1.807, 2.05) is 0 Å². The Bertz CT molecular complexity index is 452. The van der Waals surface area contributed by atoms with Crippen LogP contribution in [-0.4, -0.2) is 41.7 Å². The van der Waals surface area contributed by atoms with Crippen LogP contribution in [0, 0.1) is 0 Å². The highest BCUT2D eigenvalue weighted by Gasteiger charge is 2.28. The maximum atomic E-state index is 12.0. The predicted octanol–water partition coefficient (Wildman–Crippen LogP) is 2.00. The first kappa shape index (κ1) is 14.1. The molecule has 0 saturated carbocycles. The van der Waals surface area contributed by atoms with E-state index in [1.165, 1.54) is 7.05 Å². The van der Waals surface area contributed by atoms with Gasteiger partial charge in [-0.2, -0.15) is 13.2 Å². The Morgan fingerprint density at radius 2 is 2.06 bits per heavy atom. The quantitative estimate of drug-likeness (QED) is 0.903. The Labute approximate surface area is 99.8 Å². The maximum Gasteiger partial charge on any atom is 0.390 e. The Morgan fingerprint density at radius 3 is 2.50 bits per heavy atom. The summed E-state index contributed by atoms with van der Waals surface area (Å²) < 4.78 is 40.5. The number of carboxylic acid groups (broad SMARTS) is 1. The Morgan fingerprint density at radius 1 is 1.44 bits per heavy atom. The SMILES string of the molecule is CN(CCC(F)(F)F)C(=O)c1cc(C(=O)O)co1. The molecule has 0 aliphatic rings. The van der Waals surface area contributed by atoms with Crippen molar-refractivity contribution in [3.05, 3.63) is 23.7 Å². The Hall–Kier alpha value is -1.99. The number of halogens is 3. The van der Waals surface area contributed by atoms with Gasteiger partial charge in [0.1, 0.15) is 6.26 Å². The van der Waals surface area contributed by atoms with Crippen LogP contribution in [0.15, 0.2) is 16.7 Å². The molecule has 1 aromatic heterocycles. The summed E-state index contributed by atoms with van der Waals surface area (Å²) in [4.78, 5) is 22.9. The van der Waals surface area contributed by atoms with Gasteiger partial charge >= 0.3 is 12.1 Å². The van der Waals surface area contributed by atoms with Crippen molar-refractivity contribution in [2.75, 3.05) is 13.6 Å². The third-order valence-corrected chi connectivity index (χ3v) is 2.13. The van der Waals surface area contributed by atoms with Gasteiger partial charge in [0.2, 0.25) is 0 Å². The lowest BCUT2D eigenvalue weighted by atomic mass is 10.3. The molecule has 0 saturated heterocycles. The number of aromatic carboxylic acids is 1. The standard InChI is InChI=1S/C10H10F3NO4/c1-14(3-2-10(11,12)13)8(15)7-4-6(5-18-7)9(16)17/h4-5H,2-3H2,1H3,(H,16,17). The summed E-state index contributed by atoms with van der Waals surface area (Å²) in [6.07, 6.45) is -4.64. The third-order valence-electron chi connectivity index (χ3n) is 2.13. The average molecular weight is 265 g/mol. The van der Waals surface area contributed by atoms with E-state index < -0.39 is 31.0 Å². The average Bonchev–Trinajstić information content (AvgIpc) is 2.73. The molecule has 0 atom stereocenters. The van der Waals surface area contributed by atoms with E-state index in [-0.39, 0.29) is 11.3 Å². The molecule has 5 nitrogen and oxygen atoms in total. The van der Waals surface area contributed by atoms with Crippen molar-refractivity contribution in [2.45, 2.75) is 12.6 Å². The number of alkyl halides is 3. The lowest BCUT2D eigenvalue weighted by Gasteiger charge is -2.16. The number of nitrogens with zero attached hydrogens (tertiary/aromatic N) is 1. The monoisotopic (exact) mass is 265 g/mol. The van der Waals surface area contributed by atoms with Gasteiger partial charge < -0.3 is 14.4 Å². The zero-order chi connectivity index (χ0) is 13.9. The van der Waals surface area contributed by atoms with Crippen molar-refractivity contribution < 1.29 is 32.3 Å². The van der Waals surface area contributed by atoms with Crippen LogP contribution < -0.4 is 0 Å². The smallest absolute Gasteiger partial charge is 0.390 e. The number of furan rings is 1. The van der Waals surface area contributed by atoms with Gasteiger partial charge in [-0.3, -0.25) is 4.79 Å². The number of amides is 1. The van der Waals surface area contributed by atoms with Gasteiger partial charge in [-0.1, -0.05) is 0 Å². The molecule has 1 heterocycles. The molecule has 8 heteroatoms. The molecule has 1 amide bonds. The van der Waals surface area contributed by atoms with E-state index in [2.05, 4.69) is 4.42 Å². The van der Waals surface area contributed by atoms with Gasteiger partial charge in [0.05, 0.1) is 12.0 Å². The van der Waals surface area contributed by atoms with Gasteiger partial charge in [0.25, 0.3) is 5.91 Å². The van der Waals surface area contributed by atoms with Crippen LogP contribution in [0.3, 0.4) is 0 Å². The van der Waals surface area contributed by atoms with Gasteiger partial charge in [-0.15, -0.1) is 0 Å². The van der Waals surface area contributed by atoms with Crippen LogP contribution in [0.1, 0.15) is 27.3 Å². The second-order valence-electron chi connectivity index (χ2n) is 3.60. The summed E-state index contributed by atoms with van der Waals surface area (Å²) >= 11 is 0. The first-order valence-electron chi connectivity index (χ1n) is 4.85. The fourth-order valence-electron chi connectivity index (χ4n) is 1.14. The number of carbonyl (C=O) groups excluding carboxylic acids is 1. The highest BCUT2D eigenvalue weighted by atomic mass is 19.4. The minimum atomic E-state index is -4.36. The molecule has 0 spiro atoms. The van der Waals surface area contributed by atoms with Gasteiger partial charge in [0, 0.05) is 19.7 Å². The molecule has 1 N–H and O–H groups in total. The normalized spacial score (nSPS) is 11.3. The minimum absolute atomic E-state index is 0.234. The van der Waals surface area contributed by atoms with E-state index in [0.29, 0.717) is 0 Å². The second kappa shape index (κ2) is 5.11. The number of hydrogen-bond acceptors (Lipinski definition) is 3. The van der Waals surface area contributed by atoms with Crippen molar-refractivity contribution >= 4 is 11.9 Å². The third kappa shape index (κ3) is 3.79. The molecule has 0 fully saturated rings. The fraction of sp³-hybridized carbons (Fsp3) is 0.400. The number of carbonyl (C=O) groups is 2. The van der Waals surface area contributed by atoms with Crippen LogP contribution in [0.5, 0.6) is 0 Å². The Balaban J connectivity index is 2.65. The maximum absolute atomic E-state index is 12.0. The van der Waals surface area contributed by atoms with Crippen LogP contribution >= 0.6 is 0 Å². The molecular formula is C10H10F3NO4. The molecule has 0 aromatic carbocycles. The summed E-state index contributed by atoms with van der Waals surface area (Å²) in [5, 5.41) is 8.59. The van der Waals surface area contributed by atoms with E-state index in [4.69, 9.17) is 5.11 Å². The highest BCUT2D eigenvalue weighted by molar-refractivity contribution is 5.95. The summed E-state index contributed by atoms with van der Waals surface area (Å²) in [6, 6.07) is 0.967. The lowest BCUT2D eigenvalue weighted by Crippen LogP contribution is -2.30. The summed E-state index contributed by atoms with van der Waals surface area (Å²) in [5.41, 5.74) is -0.234. The lowest BCUT2D eigenvalue weighted by molar-refractivity contribution is -0.136. The predicted molar refractivity (Wildman–Crippen MR) is 53.3 cm³/mol. The van der Waals surface area contributed by atoms with Crippen molar-refractivity contribution in [3.63, 3.8) is 0 Å². The number of rotatable bonds is 4. The minimum Gasteiger partial charge on any atom is -0.478 e. The van der Waals surface area contributed by atoms with Crippen molar-refractivity contribution in [1.82, 2.24) is 4.90 Å². The first-order valence-corrected chi connectivity index (χ1v) is 4.85.